The number of Topliss-reactive ketones (excluding diaryl/α,β-unsaturated/α-hetero) is 1. The van der Waals surface area contributed by atoms with Crippen LogP contribution in [-0.2, 0) is 14.8 Å². The predicted molar refractivity (Wildman–Crippen MR) is 119 cm³/mol. The van der Waals surface area contributed by atoms with Crippen molar-refractivity contribution in [2.24, 2.45) is 0 Å². The molecule has 0 fully saturated rings. The normalized spacial score (nSPS) is 11.9. The van der Waals surface area contributed by atoms with Crippen molar-refractivity contribution in [3.05, 3.63) is 42.5 Å². The molecule has 0 aliphatic carbocycles. The van der Waals surface area contributed by atoms with Crippen molar-refractivity contribution in [1.29, 1.82) is 0 Å². The number of imidazole rings is 1. The molecule has 0 N–H and O–H groups in total. The van der Waals surface area contributed by atoms with E-state index >= 15 is 0 Å². The highest BCUT2D eigenvalue weighted by Crippen LogP contribution is 2.31. The second-order valence-electron chi connectivity index (χ2n) is 6.66. The Morgan fingerprint density at radius 3 is 2.37 bits per heavy atom. The molecule has 160 valence electrons. The van der Waals surface area contributed by atoms with Gasteiger partial charge in [0.15, 0.2) is 5.16 Å². The van der Waals surface area contributed by atoms with E-state index in [2.05, 4.69) is 4.98 Å². The monoisotopic (exact) mass is 447 g/mol. The summed E-state index contributed by atoms with van der Waals surface area (Å²) < 4.78 is 34.4. The fourth-order valence-corrected chi connectivity index (χ4v) is 5.46. The van der Waals surface area contributed by atoms with Crippen LogP contribution in [0.1, 0.15) is 20.8 Å². The lowest BCUT2D eigenvalue weighted by Crippen LogP contribution is -2.30. The lowest BCUT2D eigenvalue weighted by molar-refractivity contribution is -0.114. The lowest BCUT2D eigenvalue weighted by atomic mass is 10.2. The summed E-state index contributed by atoms with van der Waals surface area (Å²) in [5.74, 6) is 1.05. The zero-order valence-electron chi connectivity index (χ0n) is 17.5. The average molecular weight is 448 g/mol. The summed E-state index contributed by atoms with van der Waals surface area (Å²) in [6.07, 6.45) is 0. The Bertz CT molecular complexity index is 1150. The number of hydrogen-bond acceptors (Lipinski definition) is 6. The number of benzene rings is 2. The number of carbonyl (C=O) groups excluding carboxylic acids is 1. The number of rotatable bonds is 9. The summed E-state index contributed by atoms with van der Waals surface area (Å²) in [7, 11) is -1.98. The molecule has 3 aromatic rings. The molecule has 0 aliphatic heterocycles. The Kier molecular flexibility index (Phi) is 6.84. The number of methoxy groups -OCH3 is 1. The number of carbonyl (C=O) groups is 1. The molecule has 3 rings (SSSR count). The largest absolute Gasteiger partial charge is 0.497 e. The van der Waals surface area contributed by atoms with Gasteiger partial charge in [-0.2, -0.15) is 4.31 Å². The van der Waals surface area contributed by atoms with Gasteiger partial charge in [-0.05, 0) is 49.4 Å². The van der Waals surface area contributed by atoms with Gasteiger partial charge >= 0.3 is 0 Å². The molecule has 0 radical (unpaired) electrons. The maximum atomic E-state index is 12.9. The van der Waals surface area contributed by atoms with Crippen LogP contribution in [0.25, 0.3) is 16.7 Å². The number of thioether (sulfide) groups is 1. The molecule has 0 amide bonds. The molecule has 0 saturated carbocycles. The van der Waals surface area contributed by atoms with Crippen molar-refractivity contribution < 1.29 is 17.9 Å². The van der Waals surface area contributed by atoms with E-state index < -0.39 is 10.0 Å². The summed E-state index contributed by atoms with van der Waals surface area (Å²) >= 11 is 1.33. The Hall–Kier alpha value is -2.36. The van der Waals surface area contributed by atoms with Crippen molar-refractivity contribution >= 4 is 38.6 Å². The third-order valence-corrected chi connectivity index (χ3v) is 7.80. The second-order valence-corrected chi connectivity index (χ2v) is 9.54. The molecule has 7 nitrogen and oxygen atoms in total. The van der Waals surface area contributed by atoms with Crippen LogP contribution in [-0.4, -0.2) is 54.0 Å². The topological polar surface area (TPSA) is 81.5 Å². The quantitative estimate of drug-likeness (QED) is 0.465. The van der Waals surface area contributed by atoms with Crippen LogP contribution < -0.4 is 4.74 Å². The smallest absolute Gasteiger partial charge is 0.243 e. The molecule has 1 aromatic heterocycles. The second kappa shape index (κ2) is 9.20. The van der Waals surface area contributed by atoms with E-state index in [4.69, 9.17) is 4.74 Å². The van der Waals surface area contributed by atoms with Gasteiger partial charge < -0.3 is 4.74 Å². The first-order valence-corrected chi connectivity index (χ1v) is 12.0. The number of sulfonamides is 1. The fourth-order valence-electron chi connectivity index (χ4n) is 3.15. The van der Waals surface area contributed by atoms with E-state index in [9.17, 15) is 13.2 Å². The van der Waals surface area contributed by atoms with Gasteiger partial charge in [0, 0.05) is 18.8 Å². The Morgan fingerprint density at radius 1 is 1.13 bits per heavy atom. The standard InChI is InChI=1S/C21H25N3O4S2/c1-5-23(6-2)30(26,27)18-11-12-20-19(13-18)22-21(29-14-15(3)25)24(20)16-7-9-17(28-4)10-8-16/h7-13H,5-6,14H2,1-4H3. The van der Waals surface area contributed by atoms with E-state index in [1.54, 1.807) is 25.3 Å². The highest BCUT2D eigenvalue weighted by Gasteiger charge is 2.23. The first-order valence-electron chi connectivity index (χ1n) is 9.61. The SMILES string of the molecule is CCN(CC)S(=O)(=O)c1ccc2c(c1)nc(SCC(C)=O)n2-c1ccc(OC)cc1. The number of hydrogen-bond donors (Lipinski definition) is 0. The Balaban J connectivity index is 2.15. The zero-order valence-corrected chi connectivity index (χ0v) is 19.1. The van der Waals surface area contributed by atoms with Gasteiger partial charge in [0.2, 0.25) is 10.0 Å². The summed E-state index contributed by atoms with van der Waals surface area (Å²) in [5.41, 5.74) is 2.18. The van der Waals surface area contributed by atoms with Gasteiger partial charge in [-0.25, -0.2) is 13.4 Å². The third kappa shape index (κ3) is 4.38. The number of ether oxygens (including phenoxy) is 1. The molecule has 2 aromatic carbocycles. The van der Waals surface area contributed by atoms with Crippen LogP contribution in [0.4, 0.5) is 0 Å². The van der Waals surface area contributed by atoms with E-state index in [0.29, 0.717) is 23.8 Å². The molecule has 0 atom stereocenters. The van der Waals surface area contributed by atoms with Crippen molar-refractivity contribution in [1.82, 2.24) is 13.9 Å². The van der Waals surface area contributed by atoms with Gasteiger partial charge in [-0.1, -0.05) is 25.6 Å². The van der Waals surface area contributed by atoms with Crippen molar-refractivity contribution in [3.63, 3.8) is 0 Å². The maximum Gasteiger partial charge on any atom is 0.243 e. The Labute approximate surface area is 181 Å². The van der Waals surface area contributed by atoms with Crippen LogP contribution in [0.3, 0.4) is 0 Å². The first-order chi connectivity index (χ1) is 14.3. The molecule has 9 heteroatoms. The molecular weight excluding hydrogens is 422 g/mol. The van der Waals surface area contributed by atoms with Crippen LogP contribution in [0.15, 0.2) is 52.5 Å². The third-order valence-electron chi connectivity index (χ3n) is 4.67. The molecular formula is C21H25N3O4S2. The zero-order chi connectivity index (χ0) is 21.9. The van der Waals surface area contributed by atoms with Crippen LogP contribution >= 0.6 is 11.8 Å². The van der Waals surface area contributed by atoms with E-state index in [1.165, 1.54) is 23.0 Å². The van der Waals surface area contributed by atoms with E-state index in [-0.39, 0.29) is 16.4 Å². The minimum Gasteiger partial charge on any atom is -0.497 e. The molecule has 30 heavy (non-hydrogen) atoms. The summed E-state index contributed by atoms with van der Waals surface area (Å²) in [6.45, 7) is 5.96. The molecule has 0 unspecified atom stereocenters. The van der Waals surface area contributed by atoms with Crippen molar-refractivity contribution in [2.75, 3.05) is 26.0 Å². The minimum absolute atomic E-state index is 0.0399. The van der Waals surface area contributed by atoms with Gasteiger partial charge in [0.25, 0.3) is 0 Å². The molecule has 0 aliphatic rings. The predicted octanol–water partition coefficient (Wildman–Crippen LogP) is 3.75. The summed E-state index contributed by atoms with van der Waals surface area (Å²) in [4.78, 5) is 16.4. The van der Waals surface area contributed by atoms with E-state index in [1.807, 2.05) is 42.7 Å². The summed E-state index contributed by atoms with van der Waals surface area (Å²) in [6, 6.07) is 12.5. The van der Waals surface area contributed by atoms with Crippen molar-refractivity contribution in [3.8, 4) is 11.4 Å². The number of nitrogens with zero attached hydrogens (tertiary/aromatic N) is 3. The number of fused-ring (bicyclic) bond motifs is 1. The minimum atomic E-state index is -3.59. The average Bonchev–Trinajstić information content (AvgIpc) is 3.10. The molecule has 0 bridgehead atoms. The van der Waals surface area contributed by atoms with Crippen LogP contribution in [0.5, 0.6) is 5.75 Å². The van der Waals surface area contributed by atoms with Crippen LogP contribution in [0, 0.1) is 0 Å². The van der Waals surface area contributed by atoms with Gasteiger partial charge in [-0.3, -0.25) is 9.36 Å². The first kappa shape index (κ1) is 22.3. The van der Waals surface area contributed by atoms with Crippen molar-refractivity contribution in [2.45, 2.75) is 30.8 Å². The number of ketones is 1. The maximum absolute atomic E-state index is 12.9. The summed E-state index contributed by atoms with van der Waals surface area (Å²) in [5, 5.41) is 0.628. The Morgan fingerprint density at radius 2 is 1.80 bits per heavy atom. The lowest BCUT2D eigenvalue weighted by Gasteiger charge is -2.18. The fraction of sp³-hybridized carbons (Fsp3) is 0.333. The highest BCUT2D eigenvalue weighted by atomic mass is 32.2. The van der Waals surface area contributed by atoms with E-state index in [0.717, 1.165) is 17.0 Å². The van der Waals surface area contributed by atoms with Gasteiger partial charge in [0.05, 0.1) is 28.8 Å². The van der Waals surface area contributed by atoms with Gasteiger partial charge in [-0.15, -0.1) is 0 Å². The van der Waals surface area contributed by atoms with Gasteiger partial charge in [0.1, 0.15) is 11.5 Å². The molecule has 0 saturated heterocycles. The molecule has 1 heterocycles. The van der Waals surface area contributed by atoms with Crippen LogP contribution in [0.2, 0.25) is 0 Å². The number of aromatic nitrogens is 2. The highest BCUT2D eigenvalue weighted by molar-refractivity contribution is 7.99. The molecule has 0 spiro atoms.